The zero-order valence-corrected chi connectivity index (χ0v) is 6.31. The van der Waals surface area contributed by atoms with Gasteiger partial charge in [-0.25, -0.2) is 0 Å². The Morgan fingerprint density at radius 3 is 1.86 bits per heavy atom. The normalized spacial score (nSPS) is 10.9. The molecule has 0 N–H and O–H groups in total. The van der Waals surface area contributed by atoms with Gasteiger partial charge in [-0.05, 0) is 0 Å². The molecule has 0 saturated heterocycles. The molecule has 0 aromatic rings. The van der Waals surface area contributed by atoms with Crippen molar-refractivity contribution in [2.45, 2.75) is 4.89 Å². The van der Waals surface area contributed by atoms with Gasteiger partial charge in [0.15, 0.2) is 0 Å². The number of hydrogen-bond donors (Lipinski definition) is 0. The van der Waals surface area contributed by atoms with E-state index in [1.54, 1.807) is 0 Å². The van der Waals surface area contributed by atoms with Crippen LogP contribution in [0.3, 0.4) is 0 Å². The molecule has 0 aliphatic heterocycles. The van der Waals surface area contributed by atoms with E-state index in [0.717, 1.165) is 6.08 Å². The topological polar surface area (TPSA) is 51.2 Å². The van der Waals surface area contributed by atoms with Crippen molar-refractivity contribution in [3.8, 4) is 0 Å². The summed E-state index contributed by atoms with van der Waals surface area (Å²) in [6.45, 7) is 3.10. The van der Waals surface area contributed by atoms with Gasteiger partial charge in [-0.3, -0.25) is 0 Å². The minimum atomic E-state index is -5.07. The van der Waals surface area contributed by atoms with E-state index in [2.05, 4.69) is 6.58 Å². The average Bonchev–Trinajstić information content (AvgIpc) is 1.30. The van der Waals surface area contributed by atoms with Gasteiger partial charge in [-0.1, -0.05) is 0 Å². The van der Waals surface area contributed by atoms with Gasteiger partial charge >= 0.3 is 43.4 Å². The van der Waals surface area contributed by atoms with Crippen LogP contribution < -0.4 is 0 Å². The van der Waals surface area contributed by atoms with Crippen LogP contribution in [0.1, 0.15) is 0 Å². The van der Waals surface area contributed by atoms with E-state index in [1.165, 1.54) is 0 Å². The molecule has 3 nitrogen and oxygen atoms in total. The third kappa shape index (κ3) is 5.80. The Morgan fingerprint density at radius 1 is 1.43 bits per heavy atom. The molecule has 0 fully saturated rings. The summed E-state index contributed by atoms with van der Waals surface area (Å²) in [6, 6.07) is 0. The fraction of sp³-hybridized carbons (Fsp3) is 0.333. The van der Waals surface area contributed by atoms with Crippen molar-refractivity contribution in [1.82, 2.24) is 0 Å². The molecule has 7 heavy (non-hydrogen) atoms. The third-order valence-corrected chi connectivity index (χ3v) is 2.44. The predicted molar refractivity (Wildman–Crippen MR) is 17.1 cm³/mol. The SMILES string of the molecule is C=C[CH2][Re](=[O])(=[O])=[O]. The van der Waals surface area contributed by atoms with Crippen LogP contribution in [0.15, 0.2) is 12.7 Å². The van der Waals surface area contributed by atoms with E-state index in [1.807, 2.05) is 0 Å². The Kier molecular flexibility index (Phi) is 2.14. The maximum absolute atomic E-state index is 9.72. The quantitative estimate of drug-likeness (QED) is 0.700. The molecule has 0 saturated carbocycles. The molecule has 0 rings (SSSR count). The van der Waals surface area contributed by atoms with Gasteiger partial charge in [0, 0.05) is 0 Å². The summed E-state index contributed by atoms with van der Waals surface area (Å²) < 4.78 is 29.2. The molecule has 0 unspecified atom stereocenters. The van der Waals surface area contributed by atoms with Crippen LogP contribution in [0, 0.1) is 0 Å². The molecule has 0 radical (unpaired) electrons. The summed E-state index contributed by atoms with van der Waals surface area (Å²) in [5.74, 6) is 0. The van der Waals surface area contributed by atoms with Crippen LogP contribution in [-0.4, -0.2) is 0 Å². The molecule has 0 aromatic carbocycles. The van der Waals surface area contributed by atoms with Crippen LogP contribution >= 0.6 is 0 Å². The Morgan fingerprint density at radius 2 is 1.86 bits per heavy atom. The minimum absolute atomic E-state index is 0.361. The molecule has 0 aliphatic rings. The Balaban J connectivity index is 4.14. The van der Waals surface area contributed by atoms with Crippen molar-refractivity contribution in [3.63, 3.8) is 0 Å². The number of hydrogen-bond acceptors (Lipinski definition) is 3. The average molecular weight is 275 g/mol. The maximum atomic E-state index is 9.72. The molecule has 0 bridgehead atoms. The van der Waals surface area contributed by atoms with Gasteiger partial charge in [0.2, 0.25) is 0 Å². The van der Waals surface area contributed by atoms with E-state index in [4.69, 9.17) is 0 Å². The summed E-state index contributed by atoms with van der Waals surface area (Å²) in [4.78, 5) is -0.361. The Hall–Kier alpha value is -0.198. The first-order valence-corrected chi connectivity index (χ1v) is 6.79. The molecule has 4 heteroatoms. The molecule has 0 heterocycles. The first-order valence-electron chi connectivity index (χ1n) is 1.55. The standard InChI is InChI=1S/C3H5.3O.Re/c1-3-2;;;;/h3H,1-2H2;;;;. The van der Waals surface area contributed by atoms with E-state index in [0.29, 0.717) is 0 Å². The summed E-state index contributed by atoms with van der Waals surface area (Å²) in [7, 11) is 0. The molecular weight excluding hydrogens is 270 g/mol. The summed E-state index contributed by atoms with van der Waals surface area (Å²) in [5, 5.41) is 0. The fourth-order valence-electron chi connectivity index (χ4n) is 0.134. The van der Waals surface area contributed by atoms with Crippen LogP contribution in [-0.2, 0) is 25.8 Å². The molecule has 0 atom stereocenters. The van der Waals surface area contributed by atoms with Gasteiger partial charge < -0.3 is 0 Å². The van der Waals surface area contributed by atoms with Crippen molar-refractivity contribution in [1.29, 1.82) is 0 Å². The van der Waals surface area contributed by atoms with Crippen molar-refractivity contribution < 1.29 is 25.8 Å². The molecule has 0 aliphatic carbocycles. The zero-order valence-electron chi connectivity index (χ0n) is 3.59. The predicted octanol–water partition coefficient (Wildman–Crippen LogP) is 0.781. The van der Waals surface area contributed by atoms with Crippen LogP contribution in [0.4, 0.5) is 0 Å². The van der Waals surface area contributed by atoms with Gasteiger partial charge in [-0.15, -0.1) is 0 Å². The molecular formula is C3H5O3Re. The van der Waals surface area contributed by atoms with Crippen molar-refractivity contribution in [2.75, 3.05) is 0 Å². The van der Waals surface area contributed by atoms with Gasteiger partial charge in [-0.2, -0.15) is 0 Å². The second-order valence-corrected chi connectivity index (χ2v) is 5.78. The van der Waals surface area contributed by atoms with E-state index >= 15 is 0 Å². The zero-order chi connectivity index (χ0) is 5.91. The molecule has 0 aromatic heterocycles. The number of allylic oxidation sites excluding steroid dienone is 1. The number of rotatable bonds is 2. The van der Waals surface area contributed by atoms with Crippen molar-refractivity contribution in [3.05, 3.63) is 12.7 Å². The monoisotopic (exact) mass is 276 g/mol. The Bertz CT molecular complexity index is 177. The van der Waals surface area contributed by atoms with E-state index in [-0.39, 0.29) is 4.89 Å². The van der Waals surface area contributed by atoms with Gasteiger partial charge in [0.05, 0.1) is 0 Å². The summed E-state index contributed by atoms with van der Waals surface area (Å²) >= 11 is -5.07. The summed E-state index contributed by atoms with van der Waals surface area (Å²) in [6.07, 6.45) is 1.11. The van der Waals surface area contributed by atoms with Gasteiger partial charge in [0.1, 0.15) is 0 Å². The summed E-state index contributed by atoms with van der Waals surface area (Å²) in [5.41, 5.74) is 0. The third-order valence-electron chi connectivity index (χ3n) is 0.298. The fourth-order valence-corrected chi connectivity index (χ4v) is 1.09. The second kappa shape index (κ2) is 2.20. The second-order valence-electron chi connectivity index (χ2n) is 0.959. The van der Waals surface area contributed by atoms with Gasteiger partial charge in [0.25, 0.3) is 0 Å². The first-order chi connectivity index (χ1) is 3.06. The molecule has 0 amide bonds. The van der Waals surface area contributed by atoms with E-state index < -0.39 is 15.4 Å². The van der Waals surface area contributed by atoms with Crippen LogP contribution in [0.25, 0.3) is 0 Å². The van der Waals surface area contributed by atoms with Crippen molar-refractivity contribution >= 4 is 0 Å². The van der Waals surface area contributed by atoms with Crippen molar-refractivity contribution in [2.24, 2.45) is 0 Å². The first kappa shape index (κ1) is 6.80. The molecule has 0 spiro atoms. The Labute approximate surface area is 43.9 Å². The van der Waals surface area contributed by atoms with Crippen LogP contribution in [0.2, 0.25) is 4.89 Å². The van der Waals surface area contributed by atoms with E-state index in [9.17, 15) is 10.4 Å². The van der Waals surface area contributed by atoms with Crippen LogP contribution in [0.5, 0.6) is 0 Å². The molecule has 42 valence electrons.